The molecule has 4 heterocycles. The molecule has 5 aromatic rings. The van der Waals surface area contributed by atoms with E-state index in [4.69, 9.17) is 15.5 Å². The van der Waals surface area contributed by atoms with Crippen LogP contribution in [0.5, 0.6) is 5.75 Å². The maximum absolute atomic E-state index is 13.7. The number of hydrogen-bond acceptors (Lipinski definition) is 9. The van der Waals surface area contributed by atoms with Gasteiger partial charge in [-0.15, -0.1) is 0 Å². The molecule has 0 saturated carbocycles. The van der Waals surface area contributed by atoms with Gasteiger partial charge in [-0.2, -0.15) is 0 Å². The molecule has 0 radical (unpaired) electrons. The van der Waals surface area contributed by atoms with Crippen LogP contribution in [0.2, 0.25) is 0 Å². The number of aryl methyl sites for hydroxylation is 1. The summed E-state index contributed by atoms with van der Waals surface area (Å²) < 4.78 is 19.6. The highest BCUT2D eigenvalue weighted by Crippen LogP contribution is 2.46. The van der Waals surface area contributed by atoms with Gasteiger partial charge >= 0.3 is 0 Å². The number of nitrogens with one attached hydrogen (secondary N) is 1. The van der Waals surface area contributed by atoms with Crippen molar-refractivity contribution in [3.63, 3.8) is 0 Å². The molecule has 1 aliphatic rings. The second kappa shape index (κ2) is 11.3. The van der Waals surface area contributed by atoms with Crippen LogP contribution in [0.3, 0.4) is 0 Å². The molecule has 2 aromatic carbocycles. The number of carbonyl (C=O) groups excluding carboxylic acids is 2. The Balaban J connectivity index is 1.33. The van der Waals surface area contributed by atoms with Crippen molar-refractivity contribution in [3.8, 4) is 17.0 Å². The lowest BCUT2D eigenvalue weighted by molar-refractivity contribution is -0.123. The van der Waals surface area contributed by atoms with E-state index in [9.17, 15) is 19.1 Å². The van der Waals surface area contributed by atoms with Gasteiger partial charge in [-0.05, 0) is 81.3 Å². The van der Waals surface area contributed by atoms with Crippen LogP contribution in [0.15, 0.2) is 73.3 Å². The zero-order valence-electron chi connectivity index (χ0n) is 25.0. The first-order valence-corrected chi connectivity index (χ1v) is 14.4. The lowest BCUT2D eigenvalue weighted by atomic mass is 9.81. The van der Waals surface area contributed by atoms with Gasteiger partial charge in [0.15, 0.2) is 5.78 Å². The first kappa shape index (κ1) is 29.8. The monoisotopic (exact) mass is 606 g/mol. The first-order chi connectivity index (χ1) is 21.4. The molecule has 228 valence electrons. The van der Waals surface area contributed by atoms with Crippen molar-refractivity contribution in [2.45, 2.75) is 44.6 Å². The Hall–Kier alpha value is -5.29. The topological polar surface area (TPSA) is 153 Å². The van der Waals surface area contributed by atoms with Crippen molar-refractivity contribution < 1.29 is 23.8 Å². The molecule has 0 saturated heterocycles. The van der Waals surface area contributed by atoms with Crippen LogP contribution in [0, 0.1) is 12.7 Å². The molecule has 45 heavy (non-hydrogen) atoms. The molecule has 6 rings (SSSR count). The molecular weight excluding hydrogens is 575 g/mol. The molecule has 1 aliphatic heterocycles. The van der Waals surface area contributed by atoms with Gasteiger partial charge in [-0.25, -0.2) is 14.4 Å². The number of anilines is 2. The van der Waals surface area contributed by atoms with Crippen LogP contribution in [0.4, 0.5) is 15.9 Å². The molecule has 0 aliphatic carbocycles. The minimum Gasteiger partial charge on any atom is -0.489 e. The summed E-state index contributed by atoms with van der Waals surface area (Å²) in [5.74, 6) is -0.368. The molecule has 0 spiro atoms. The van der Waals surface area contributed by atoms with E-state index in [0.717, 1.165) is 10.9 Å². The number of hydrogen-bond donors (Lipinski definition) is 3. The summed E-state index contributed by atoms with van der Waals surface area (Å²) >= 11 is 0. The summed E-state index contributed by atoms with van der Waals surface area (Å²) in [6, 6.07) is 12.7. The number of benzene rings is 2. The quantitative estimate of drug-likeness (QED) is 0.190. The van der Waals surface area contributed by atoms with Gasteiger partial charge in [0.2, 0.25) is 5.91 Å². The maximum atomic E-state index is 13.7. The number of rotatable bonds is 9. The molecule has 0 bridgehead atoms. The Morgan fingerprint density at radius 3 is 2.60 bits per heavy atom. The third kappa shape index (κ3) is 5.69. The fourth-order valence-corrected chi connectivity index (χ4v) is 5.41. The summed E-state index contributed by atoms with van der Waals surface area (Å²) in [6.45, 7) is 5.15. The van der Waals surface area contributed by atoms with Crippen molar-refractivity contribution >= 4 is 34.1 Å². The maximum Gasteiger partial charge on any atom is 0.231 e. The highest BCUT2D eigenvalue weighted by Gasteiger charge is 2.45. The number of nitrogens with zero attached hydrogens (tertiary/aromatic N) is 4. The Labute approximate surface area is 258 Å². The number of halogens is 1. The molecule has 2 atom stereocenters. The van der Waals surface area contributed by atoms with Crippen molar-refractivity contribution in [3.05, 3.63) is 102 Å². The van der Waals surface area contributed by atoms with Crippen molar-refractivity contribution in [2.75, 3.05) is 11.9 Å². The molecule has 10 nitrogen and oxygen atoms in total. The molecular formula is C34H31FN6O4. The SMILES string of the molecule is Cc1cnc2c(Nc3cnccn3)cc(C(=O)CC[C@](C)(O)c3cc4c(c(-c5ccc(F)cc5)n3)OC[C@]4(C)C(N)=O)cc2c1. The van der Waals surface area contributed by atoms with E-state index >= 15 is 0 Å². The second-order valence-electron chi connectivity index (χ2n) is 11.7. The number of carbonyl (C=O) groups is 2. The van der Waals surface area contributed by atoms with Crippen LogP contribution in [0.1, 0.15) is 53.9 Å². The molecule has 0 fully saturated rings. The number of ether oxygens (including phenoxy) is 1. The predicted octanol–water partition coefficient (Wildman–Crippen LogP) is 5.28. The number of Topliss-reactive ketones (excluding diaryl/α,β-unsaturated/α-hetero) is 1. The van der Waals surface area contributed by atoms with E-state index in [-0.39, 0.29) is 30.9 Å². The molecule has 0 unspecified atom stereocenters. The van der Waals surface area contributed by atoms with Gasteiger partial charge in [0.25, 0.3) is 0 Å². The van der Waals surface area contributed by atoms with Crippen LogP contribution in [0.25, 0.3) is 22.2 Å². The fraction of sp³-hybridized carbons (Fsp3) is 0.235. The predicted molar refractivity (Wildman–Crippen MR) is 167 cm³/mol. The molecule has 3 aromatic heterocycles. The Morgan fingerprint density at radius 2 is 1.89 bits per heavy atom. The normalized spacial score (nSPS) is 16.9. The number of aliphatic hydroxyl groups is 1. The number of nitrogens with two attached hydrogens (primary N) is 1. The van der Waals surface area contributed by atoms with Gasteiger partial charge < -0.3 is 20.9 Å². The summed E-state index contributed by atoms with van der Waals surface area (Å²) in [5.41, 5.74) is 7.24. The summed E-state index contributed by atoms with van der Waals surface area (Å²) in [5, 5.41) is 15.7. The Morgan fingerprint density at radius 1 is 1.11 bits per heavy atom. The summed E-state index contributed by atoms with van der Waals surface area (Å²) in [4.78, 5) is 43.8. The molecule has 1 amide bonds. The Kier molecular flexibility index (Phi) is 7.49. The number of ketones is 1. The number of fused-ring (bicyclic) bond motifs is 2. The number of aromatic nitrogens is 4. The van der Waals surface area contributed by atoms with Gasteiger partial charge in [-0.3, -0.25) is 19.6 Å². The highest BCUT2D eigenvalue weighted by atomic mass is 19.1. The van der Waals surface area contributed by atoms with E-state index in [1.54, 1.807) is 69.0 Å². The zero-order valence-corrected chi connectivity index (χ0v) is 25.0. The van der Waals surface area contributed by atoms with E-state index in [1.165, 1.54) is 12.1 Å². The second-order valence-corrected chi connectivity index (χ2v) is 11.7. The largest absolute Gasteiger partial charge is 0.489 e. The standard InChI is InChI=1S/C34H31FN6O4/c1-19-12-22-13-21(14-25(29(22)39-16-19)40-28-17-37-10-11-38-28)26(42)8-9-34(3,44)27-15-24-31(45-18-33(24,2)32(36)43)30(41-27)20-4-6-23(35)7-5-20/h4-7,10-17,44H,8-9,18H2,1-3H3,(H2,36,43)(H,38,40)/t33-,34-/m0/s1. The van der Waals surface area contributed by atoms with Crippen LogP contribution in [-0.4, -0.2) is 43.3 Å². The van der Waals surface area contributed by atoms with Gasteiger partial charge in [-0.1, -0.05) is 0 Å². The lowest BCUT2D eigenvalue weighted by Crippen LogP contribution is -2.40. The number of pyridine rings is 2. The summed E-state index contributed by atoms with van der Waals surface area (Å²) in [6.07, 6.45) is 6.45. The zero-order chi connectivity index (χ0) is 31.9. The van der Waals surface area contributed by atoms with Crippen molar-refractivity contribution in [1.82, 2.24) is 19.9 Å². The average molecular weight is 607 g/mol. The van der Waals surface area contributed by atoms with E-state index < -0.39 is 22.7 Å². The van der Waals surface area contributed by atoms with E-state index in [1.807, 2.05) is 13.0 Å². The van der Waals surface area contributed by atoms with Gasteiger partial charge in [0, 0.05) is 47.1 Å². The highest BCUT2D eigenvalue weighted by molar-refractivity contribution is 6.03. The smallest absolute Gasteiger partial charge is 0.231 e. The number of primary amides is 1. The molecule has 11 heteroatoms. The first-order valence-electron chi connectivity index (χ1n) is 14.4. The minimum absolute atomic E-state index is 0.00114. The number of amides is 1. The minimum atomic E-state index is -1.59. The fourth-order valence-electron chi connectivity index (χ4n) is 5.41. The van der Waals surface area contributed by atoms with Crippen LogP contribution < -0.4 is 15.8 Å². The Bertz CT molecular complexity index is 1950. The lowest BCUT2D eigenvalue weighted by Gasteiger charge is -2.26. The molecule has 4 N–H and O–H groups in total. The van der Waals surface area contributed by atoms with Crippen molar-refractivity contribution in [2.24, 2.45) is 5.73 Å². The third-order valence-electron chi connectivity index (χ3n) is 8.19. The average Bonchev–Trinajstić information content (AvgIpc) is 3.38. The van der Waals surface area contributed by atoms with E-state index in [2.05, 4.69) is 20.3 Å². The van der Waals surface area contributed by atoms with Gasteiger partial charge in [0.05, 0.1) is 23.1 Å². The van der Waals surface area contributed by atoms with E-state index in [0.29, 0.717) is 45.2 Å². The van der Waals surface area contributed by atoms with Crippen LogP contribution in [-0.2, 0) is 15.8 Å². The van der Waals surface area contributed by atoms with Gasteiger partial charge in [0.1, 0.15) is 40.7 Å². The third-order valence-corrected chi connectivity index (χ3v) is 8.19. The summed E-state index contributed by atoms with van der Waals surface area (Å²) in [7, 11) is 0. The van der Waals surface area contributed by atoms with Crippen LogP contribution >= 0.6 is 0 Å². The van der Waals surface area contributed by atoms with Crippen molar-refractivity contribution in [1.29, 1.82) is 0 Å².